The van der Waals surface area contributed by atoms with Crippen LogP contribution in [-0.2, 0) is 19.2 Å². The standard InChI is InChI=1S/C22H26N2O4.C4H6O6/c1-3-5-6-7-8-16-21(25)24(28-22(26)23-17-4-2)27-20-15-11-13-18-12-9-10-14-19(18)20;5-1(3(7)8)2(6)4(9)10/h4,8-16H,2-3,5-7,17H2,1H3,(H,23,26);1-2,5-6H,(H,7,8)(H,9,10). The SMILES string of the molecule is C=CCNC(=O)ON(Oc1cccc2ccccc12)C(=O)C=CCCCCC.O=C(O)C(O)C(O)C(=O)O. The lowest BCUT2D eigenvalue weighted by atomic mass is 10.1. The number of unbranched alkanes of at least 4 members (excludes halogenated alkanes) is 3. The quantitative estimate of drug-likeness (QED) is 0.118. The largest absolute Gasteiger partial charge is 0.479 e. The molecule has 2 atom stereocenters. The number of nitrogens with one attached hydrogen (secondary N) is 1. The molecule has 0 heterocycles. The van der Waals surface area contributed by atoms with Crippen LogP contribution in [0.25, 0.3) is 10.8 Å². The highest BCUT2D eigenvalue weighted by Crippen LogP contribution is 2.26. The van der Waals surface area contributed by atoms with Crippen LogP contribution in [-0.4, -0.2) is 68.3 Å². The fourth-order valence-electron chi connectivity index (χ4n) is 2.76. The number of aliphatic hydroxyl groups excluding tert-OH is 2. The zero-order valence-electron chi connectivity index (χ0n) is 20.9. The van der Waals surface area contributed by atoms with Crippen molar-refractivity contribution in [3.8, 4) is 5.75 Å². The van der Waals surface area contributed by atoms with Gasteiger partial charge in [0.05, 0.1) is 0 Å². The normalized spacial score (nSPS) is 12.0. The molecular formula is C26H32N2O10. The van der Waals surface area contributed by atoms with Crippen molar-refractivity contribution in [1.82, 2.24) is 10.5 Å². The number of aliphatic carboxylic acids is 2. The second-order valence-electron chi connectivity index (χ2n) is 7.68. The molecule has 0 fully saturated rings. The average Bonchev–Trinajstić information content (AvgIpc) is 2.90. The Morgan fingerprint density at radius 3 is 2.24 bits per heavy atom. The van der Waals surface area contributed by atoms with Crippen LogP contribution in [0.5, 0.6) is 5.75 Å². The van der Waals surface area contributed by atoms with Crippen molar-refractivity contribution in [3.05, 3.63) is 67.3 Å². The molecule has 38 heavy (non-hydrogen) atoms. The molecule has 0 aliphatic rings. The van der Waals surface area contributed by atoms with Crippen molar-refractivity contribution in [3.63, 3.8) is 0 Å². The Morgan fingerprint density at radius 1 is 1.00 bits per heavy atom. The van der Waals surface area contributed by atoms with Gasteiger partial charge in [0, 0.05) is 23.2 Å². The third-order valence-electron chi connectivity index (χ3n) is 4.71. The van der Waals surface area contributed by atoms with Gasteiger partial charge in [0.15, 0.2) is 18.0 Å². The maximum atomic E-state index is 12.5. The number of amides is 2. The maximum absolute atomic E-state index is 12.5. The van der Waals surface area contributed by atoms with E-state index in [4.69, 9.17) is 30.1 Å². The smallest absolute Gasteiger partial charge is 0.434 e. The number of rotatable bonds is 12. The Bertz CT molecular complexity index is 1090. The number of hydrogen-bond donors (Lipinski definition) is 5. The van der Waals surface area contributed by atoms with Gasteiger partial charge < -0.3 is 30.6 Å². The number of carbonyl (C=O) groups excluding carboxylic acids is 2. The molecule has 0 saturated heterocycles. The summed E-state index contributed by atoms with van der Waals surface area (Å²) in [5.74, 6) is -3.72. The van der Waals surface area contributed by atoms with Crippen LogP contribution in [0.2, 0.25) is 0 Å². The number of hydrogen-bond acceptors (Lipinski definition) is 8. The van der Waals surface area contributed by atoms with E-state index in [1.807, 2.05) is 30.3 Å². The molecule has 206 valence electrons. The predicted octanol–water partition coefficient (Wildman–Crippen LogP) is 2.80. The van der Waals surface area contributed by atoms with Crippen molar-refractivity contribution < 1.29 is 49.3 Å². The molecule has 0 spiro atoms. The second-order valence-corrected chi connectivity index (χ2v) is 7.68. The molecule has 0 aliphatic carbocycles. The lowest BCUT2D eigenvalue weighted by molar-refractivity contribution is -0.257. The topological polar surface area (TPSA) is 183 Å². The summed E-state index contributed by atoms with van der Waals surface area (Å²) in [7, 11) is 0. The second kappa shape index (κ2) is 17.1. The molecule has 2 amide bonds. The zero-order chi connectivity index (χ0) is 28.5. The van der Waals surface area contributed by atoms with Gasteiger partial charge >= 0.3 is 23.9 Å². The number of carbonyl (C=O) groups is 4. The fraction of sp³-hybridized carbons (Fsp3) is 0.308. The molecule has 12 nitrogen and oxygen atoms in total. The van der Waals surface area contributed by atoms with Crippen molar-refractivity contribution in [2.75, 3.05) is 6.54 Å². The Balaban J connectivity index is 0.000000612. The van der Waals surface area contributed by atoms with Gasteiger partial charge in [0.1, 0.15) is 0 Å². The number of benzene rings is 2. The molecule has 5 N–H and O–H groups in total. The highest BCUT2D eigenvalue weighted by molar-refractivity contribution is 5.90. The molecule has 0 aromatic heterocycles. The van der Waals surface area contributed by atoms with Gasteiger partial charge in [-0.15, -0.1) is 6.58 Å². The summed E-state index contributed by atoms with van der Waals surface area (Å²) in [6, 6.07) is 13.0. The third kappa shape index (κ3) is 11.1. The van der Waals surface area contributed by atoms with E-state index in [9.17, 15) is 19.2 Å². The monoisotopic (exact) mass is 532 g/mol. The van der Waals surface area contributed by atoms with Gasteiger partial charge in [-0.05, 0) is 24.3 Å². The van der Waals surface area contributed by atoms with E-state index in [1.54, 1.807) is 18.2 Å². The Morgan fingerprint density at radius 2 is 1.63 bits per heavy atom. The lowest BCUT2D eigenvalue weighted by Gasteiger charge is -2.20. The van der Waals surface area contributed by atoms with Gasteiger partial charge in [-0.3, -0.25) is 9.63 Å². The van der Waals surface area contributed by atoms with Crippen LogP contribution in [0, 0.1) is 0 Å². The van der Waals surface area contributed by atoms with Crippen LogP contribution in [0.4, 0.5) is 4.79 Å². The Kier molecular flexibility index (Phi) is 14.2. The van der Waals surface area contributed by atoms with E-state index in [0.29, 0.717) is 11.0 Å². The predicted molar refractivity (Wildman–Crippen MR) is 137 cm³/mol. The number of carboxylic acids is 2. The van der Waals surface area contributed by atoms with Crippen LogP contribution < -0.4 is 10.2 Å². The highest BCUT2D eigenvalue weighted by Gasteiger charge is 2.29. The zero-order valence-corrected chi connectivity index (χ0v) is 20.9. The Hall–Kier alpha value is -4.42. The van der Waals surface area contributed by atoms with E-state index < -0.39 is 36.1 Å². The van der Waals surface area contributed by atoms with Crippen LogP contribution >= 0.6 is 0 Å². The first-order valence-electron chi connectivity index (χ1n) is 11.7. The summed E-state index contributed by atoms with van der Waals surface area (Å²) in [5.41, 5.74) is 0. The van der Waals surface area contributed by atoms with E-state index in [0.717, 1.165) is 36.5 Å². The van der Waals surface area contributed by atoms with Crippen LogP contribution in [0.15, 0.2) is 67.3 Å². The maximum Gasteiger partial charge on any atom is 0.434 e. The minimum atomic E-state index is -2.27. The molecule has 2 aromatic carbocycles. The van der Waals surface area contributed by atoms with Crippen LogP contribution in [0.1, 0.15) is 32.6 Å². The number of aliphatic hydroxyl groups is 2. The van der Waals surface area contributed by atoms with Gasteiger partial charge in [0.2, 0.25) is 0 Å². The number of nitrogens with zero attached hydrogens (tertiary/aromatic N) is 1. The summed E-state index contributed by atoms with van der Waals surface area (Å²) in [6.45, 7) is 5.85. The molecule has 2 rings (SSSR count). The minimum Gasteiger partial charge on any atom is -0.479 e. The minimum absolute atomic E-state index is 0.210. The van der Waals surface area contributed by atoms with Crippen molar-refractivity contribution in [2.24, 2.45) is 0 Å². The summed E-state index contributed by atoms with van der Waals surface area (Å²) in [4.78, 5) is 54.7. The van der Waals surface area contributed by atoms with Gasteiger partial charge in [-0.1, -0.05) is 68.3 Å². The van der Waals surface area contributed by atoms with E-state index in [2.05, 4.69) is 18.8 Å². The van der Waals surface area contributed by atoms with Crippen molar-refractivity contribution in [1.29, 1.82) is 0 Å². The number of fused-ring (bicyclic) bond motifs is 1. The summed E-state index contributed by atoms with van der Waals surface area (Å²) < 4.78 is 0. The molecule has 0 bridgehead atoms. The molecule has 12 heteroatoms. The lowest BCUT2D eigenvalue weighted by Crippen LogP contribution is -2.39. The van der Waals surface area contributed by atoms with E-state index in [-0.39, 0.29) is 6.54 Å². The van der Waals surface area contributed by atoms with E-state index >= 15 is 0 Å². The van der Waals surface area contributed by atoms with Gasteiger partial charge in [-0.2, -0.15) is 0 Å². The number of carboxylic acid groups (broad SMARTS) is 2. The molecule has 2 unspecified atom stereocenters. The van der Waals surface area contributed by atoms with E-state index in [1.165, 1.54) is 12.2 Å². The fourth-order valence-corrected chi connectivity index (χ4v) is 2.76. The number of hydroxylamine groups is 2. The first-order valence-corrected chi connectivity index (χ1v) is 11.7. The van der Waals surface area contributed by atoms with Crippen molar-refractivity contribution >= 4 is 34.7 Å². The third-order valence-corrected chi connectivity index (χ3v) is 4.71. The van der Waals surface area contributed by atoms with Gasteiger partial charge in [-0.25, -0.2) is 14.4 Å². The summed E-state index contributed by atoms with van der Waals surface area (Å²) in [5, 5.41) is 37.3. The molecule has 2 aromatic rings. The molecular weight excluding hydrogens is 500 g/mol. The average molecular weight is 533 g/mol. The van der Waals surface area contributed by atoms with Crippen LogP contribution in [0.3, 0.4) is 0 Å². The first-order chi connectivity index (χ1) is 18.1. The molecule has 0 aliphatic heterocycles. The summed E-state index contributed by atoms with van der Waals surface area (Å²) >= 11 is 0. The molecule has 0 radical (unpaired) electrons. The highest BCUT2D eigenvalue weighted by atomic mass is 17.0. The summed E-state index contributed by atoms with van der Waals surface area (Å²) in [6.07, 6.45) is 3.22. The van der Waals surface area contributed by atoms with Crippen molar-refractivity contribution in [2.45, 2.75) is 44.8 Å². The number of allylic oxidation sites excluding steroid dienone is 1. The first kappa shape index (κ1) is 31.6. The Labute approximate surface area is 219 Å². The molecule has 0 saturated carbocycles. The van der Waals surface area contributed by atoms with Gasteiger partial charge in [0.25, 0.3) is 0 Å².